The van der Waals surface area contributed by atoms with E-state index in [4.69, 9.17) is 0 Å². The standard InChI is InChI=1S/C13H10BrF2N3O3/c14-8-5-10(17-6-8)12(21)19-18-11(20)7-1-3-9(4-2-7)22-13(15)16/h1-6,13,17H,(H,18,20)(H,19,21). The lowest BCUT2D eigenvalue weighted by molar-refractivity contribution is -0.0498. The molecule has 0 aliphatic heterocycles. The third kappa shape index (κ3) is 4.29. The first kappa shape index (κ1) is 16.0. The van der Waals surface area contributed by atoms with Crippen LogP contribution in [-0.2, 0) is 0 Å². The summed E-state index contributed by atoms with van der Waals surface area (Å²) in [6, 6.07) is 6.59. The van der Waals surface area contributed by atoms with Crippen molar-refractivity contribution in [2.75, 3.05) is 0 Å². The van der Waals surface area contributed by atoms with Crippen molar-refractivity contribution in [2.45, 2.75) is 6.61 Å². The fourth-order valence-corrected chi connectivity index (χ4v) is 1.88. The highest BCUT2D eigenvalue weighted by atomic mass is 79.9. The summed E-state index contributed by atoms with van der Waals surface area (Å²) < 4.78 is 28.9. The van der Waals surface area contributed by atoms with E-state index >= 15 is 0 Å². The number of halogens is 3. The SMILES string of the molecule is O=C(NNC(=O)c1cc(Br)c[nH]1)c1ccc(OC(F)F)cc1. The molecule has 1 aromatic carbocycles. The van der Waals surface area contributed by atoms with Gasteiger partial charge in [0.05, 0.1) is 0 Å². The minimum absolute atomic E-state index is 0.0631. The zero-order chi connectivity index (χ0) is 16.1. The van der Waals surface area contributed by atoms with Crippen LogP contribution in [0.1, 0.15) is 20.8 Å². The molecule has 0 aliphatic rings. The van der Waals surface area contributed by atoms with Crippen LogP contribution in [0.25, 0.3) is 0 Å². The molecule has 0 bridgehead atoms. The summed E-state index contributed by atoms with van der Waals surface area (Å²) in [5.41, 5.74) is 4.85. The van der Waals surface area contributed by atoms with Gasteiger partial charge in [-0.25, -0.2) is 0 Å². The molecule has 0 fully saturated rings. The van der Waals surface area contributed by atoms with Gasteiger partial charge >= 0.3 is 6.61 Å². The van der Waals surface area contributed by atoms with Crippen molar-refractivity contribution in [3.8, 4) is 5.75 Å². The number of hydrogen-bond acceptors (Lipinski definition) is 3. The Morgan fingerprint density at radius 1 is 1.14 bits per heavy atom. The van der Waals surface area contributed by atoms with Gasteiger partial charge < -0.3 is 9.72 Å². The number of H-pyrrole nitrogens is 1. The van der Waals surface area contributed by atoms with E-state index in [1.54, 1.807) is 6.20 Å². The Balaban J connectivity index is 1.90. The zero-order valence-electron chi connectivity index (χ0n) is 10.9. The third-order valence-electron chi connectivity index (χ3n) is 2.52. The average molecular weight is 374 g/mol. The molecule has 6 nitrogen and oxygen atoms in total. The maximum atomic E-state index is 12.0. The van der Waals surface area contributed by atoms with Crippen LogP contribution in [0, 0.1) is 0 Å². The van der Waals surface area contributed by atoms with Gasteiger partial charge in [-0.2, -0.15) is 8.78 Å². The number of alkyl halides is 2. The maximum absolute atomic E-state index is 12.0. The van der Waals surface area contributed by atoms with Crippen molar-refractivity contribution in [1.82, 2.24) is 15.8 Å². The number of ether oxygens (including phenoxy) is 1. The average Bonchev–Trinajstić information content (AvgIpc) is 2.91. The monoisotopic (exact) mass is 373 g/mol. The molecule has 116 valence electrons. The summed E-state index contributed by atoms with van der Waals surface area (Å²) in [7, 11) is 0. The molecule has 2 amide bonds. The number of nitrogens with one attached hydrogen (secondary N) is 3. The fourth-order valence-electron chi connectivity index (χ4n) is 1.54. The Morgan fingerprint density at radius 3 is 2.32 bits per heavy atom. The first-order valence-corrected chi connectivity index (χ1v) is 6.74. The van der Waals surface area contributed by atoms with E-state index in [1.165, 1.54) is 30.3 Å². The summed E-state index contributed by atoms with van der Waals surface area (Å²) in [6.45, 7) is -2.93. The van der Waals surface area contributed by atoms with Crippen molar-refractivity contribution in [2.24, 2.45) is 0 Å². The lowest BCUT2D eigenvalue weighted by Gasteiger charge is -2.07. The largest absolute Gasteiger partial charge is 0.435 e. The first-order valence-electron chi connectivity index (χ1n) is 5.95. The van der Waals surface area contributed by atoms with Gasteiger partial charge in [-0.15, -0.1) is 0 Å². The molecule has 0 saturated heterocycles. The Kier molecular flexibility index (Phi) is 5.10. The molecular formula is C13H10BrF2N3O3. The van der Waals surface area contributed by atoms with Crippen molar-refractivity contribution in [3.05, 3.63) is 52.3 Å². The highest BCUT2D eigenvalue weighted by molar-refractivity contribution is 9.10. The predicted octanol–water partition coefficient (Wildman–Crippen LogP) is 2.45. The van der Waals surface area contributed by atoms with Gasteiger partial charge in [0.1, 0.15) is 11.4 Å². The van der Waals surface area contributed by atoms with Gasteiger partial charge in [-0.3, -0.25) is 20.4 Å². The van der Waals surface area contributed by atoms with E-state index in [2.05, 4.69) is 36.5 Å². The molecule has 1 heterocycles. The second-order valence-corrected chi connectivity index (χ2v) is 4.96. The Morgan fingerprint density at radius 2 is 1.77 bits per heavy atom. The highest BCUT2D eigenvalue weighted by Gasteiger charge is 2.11. The number of amides is 2. The molecule has 0 spiro atoms. The van der Waals surface area contributed by atoms with Gasteiger partial charge in [0, 0.05) is 16.2 Å². The summed E-state index contributed by atoms with van der Waals surface area (Å²) in [6.07, 6.45) is 1.57. The fraction of sp³-hybridized carbons (Fsp3) is 0.0769. The minimum atomic E-state index is -2.93. The van der Waals surface area contributed by atoms with Crippen molar-refractivity contribution in [1.29, 1.82) is 0 Å². The molecule has 0 aliphatic carbocycles. The number of aromatic nitrogens is 1. The Labute approximate surface area is 131 Å². The van der Waals surface area contributed by atoms with Crippen LogP contribution in [0.15, 0.2) is 41.0 Å². The van der Waals surface area contributed by atoms with Gasteiger partial charge in [-0.1, -0.05) is 0 Å². The summed E-state index contributed by atoms with van der Waals surface area (Å²) in [5.74, 6) is -1.19. The summed E-state index contributed by atoms with van der Waals surface area (Å²) >= 11 is 3.18. The highest BCUT2D eigenvalue weighted by Crippen LogP contribution is 2.14. The van der Waals surface area contributed by atoms with Gasteiger partial charge in [0.2, 0.25) is 0 Å². The molecule has 22 heavy (non-hydrogen) atoms. The molecule has 0 saturated carbocycles. The molecule has 0 radical (unpaired) electrons. The minimum Gasteiger partial charge on any atom is -0.435 e. The molecule has 3 N–H and O–H groups in total. The van der Waals surface area contributed by atoms with Gasteiger partial charge in [0.25, 0.3) is 11.8 Å². The van der Waals surface area contributed by atoms with Crippen molar-refractivity contribution >= 4 is 27.7 Å². The van der Waals surface area contributed by atoms with Crippen LogP contribution < -0.4 is 15.6 Å². The number of benzene rings is 1. The lowest BCUT2D eigenvalue weighted by Crippen LogP contribution is -2.41. The lowest BCUT2D eigenvalue weighted by atomic mass is 10.2. The predicted molar refractivity (Wildman–Crippen MR) is 76.5 cm³/mol. The number of aromatic amines is 1. The molecular weight excluding hydrogens is 364 g/mol. The van der Waals surface area contributed by atoms with Crippen molar-refractivity contribution < 1.29 is 23.1 Å². The van der Waals surface area contributed by atoms with Crippen molar-refractivity contribution in [3.63, 3.8) is 0 Å². The first-order chi connectivity index (χ1) is 10.5. The topological polar surface area (TPSA) is 83.2 Å². The van der Waals surface area contributed by atoms with E-state index < -0.39 is 18.4 Å². The second-order valence-electron chi connectivity index (χ2n) is 4.04. The number of carbonyl (C=O) groups excluding carboxylic acids is 2. The molecule has 0 unspecified atom stereocenters. The third-order valence-corrected chi connectivity index (χ3v) is 2.98. The van der Waals surface area contributed by atoms with Crippen LogP contribution >= 0.6 is 15.9 Å². The zero-order valence-corrected chi connectivity index (χ0v) is 12.5. The molecule has 1 aromatic heterocycles. The Hall–Kier alpha value is -2.42. The second kappa shape index (κ2) is 7.03. The van der Waals surface area contributed by atoms with Crippen LogP contribution in [0.5, 0.6) is 5.75 Å². The normalized spacial score (nSPS) is 10.4. The van der Waals surface area contributed by atoms with Gasteiger partial charge in [0.15, 0.2) is 0 Å². The number of rotatable bonds is 4. The summed E-state index contributed by atoms with van der Waals surface area (Å²) in [4.78, 5) is 26.2. The van der Waals surface area contributed by atoms with E-state index in [0.29, 0.717) is 4.47 Å². The van der Waals surface area contributed by atoms with E-state index in [9.17, 15) is 18.4 Å². The van der Waals surface area contributed by atoms with Gasteiger partial charge in [-0.05, 0) is 46.3 Å². The molecule has 9 heteroatoms. The number of hydrazine groups is 1. The quantitative estimate of drug-likeness (QED) is 0.719. The maximum Gasteiger partial charge on any atom is 0.387 e. The Bertz CT molecular complexity index is 673. The number of hydrogen-bond donors (Lipinski definition) is 3. The summed E-state index contributed by atoms with van der Waals surface area (Å²) in [5, 5.41) is 0. The smallest absolute Gasteiger partial charge is 0.387 e. The molecule has 2 rings (SSSR count). The molecule has 2 aromatic rings. The van der Waals surface area contributed by atoms with E-state index in [-0.39, 0.29) is 17.0 Å². The van der Waals surface area contributed by atoms with Crippen LogP contribution in [0.2, 0.25) is 0 Å². The number of carbonyl (C=O) groups is 2. The molecule has 0 atom stereocenters. The van der Waals surface area contributed by atoms with Crippen LogP contribution in [-0.4, -0.2) is 23.4 Å². The van der Waals surface area contributed by atoms with Crippen LogP contribution in [0.4, 0.5) is 8.78 Å². The van der Waals surface area contributed by atoms with E-state index in [0.717, 1.165) is 0 Å². The van der Waals surface area contributed by atoms with E-state index in [1.807, 2.05) is 0 Å². The van der Waals surface area contributed by atoms with Crippen LogP contribution in [0.3, 0.4) is 0 Å².